The lowest BCUT2D eigenvalue weighted by atomic mass is 10.3. The van der Waals surface area contributed by atoms with Crippen molar-refractivity contribution in [3.63, 3.8) is 0 Å². The molecule has 2 aromatic rings. The predicted molar refractivity (Wildman–Crippen MR) is 58.8 cm³/mol. The monoisotopic (exact) mass is 226 g/mol. The molecule has 6 nitrogen and oxygen atoms in total. The number of amides is 1. The lowest BCUT2D eigenvalue weighted by Gasteiger charge is -1.95. The van der Waals surface area contributed by atoms with Crippen molar-refractivity contribution in [1.29, 1.82) is 0 Å². The number of aromatic nitrogens is 1. The van der Waals surface area contributed by atoms with E-state index in [1.165, 1.54) is 11.3 Å². The molecule has 80 valence electrons. The van der Waals surface area contributed by atoms with Crippen LogP contribution in [0.1, 0.15) is 9.67 Å². The van der Waals surface area contributed by atoms with E-state index in [-0.39, 0.29) is 5.91 Å². The van der Waals surface area contributed by atoms with Gasteiger partial charge in [0.05, 0.1) is 10.3 Å². The highest BCUT2D eigenvalue weighted by molar-refractivity contribution is 7.20. The van der Waals surface area contributed by atoms with Crippen LogP contribution in [0.15, 0.2) is 6.07 Å². The Balaban J connectivity index is 2.57. The number of H-pyrrole nitrogens is 1. The number of nitrogens with one attached hydrogen (secondary N) is 2. The molecule has 15 heavy (non-hydrogen) atoms. The normalized spacial score (nSPS) is 10.5. The highest BCUT2D eigenvalue weighted by Crippen LogP contribution is 2.36. The standard InChI is InChI=1S/C8H10N4O2S/c1-11-7(13)4-2-3-5(14-10)6(9)12-8(3)15-4/h2,12H,9-10H2,1H3,(H,11,13). The lowest BCUT2D eigenvalue weighted by Crippen LogP contribution is -2.16. The molecule has 0 aliphatic rings. The first-order valence-corrected chi connectivity index (χ1v) is 4.98. The number of carbonyl (C=O) groups excluding carboxylic acids is 1. The second-order valence-electron chi connectivity index (χ2n) is 2.92. The summed E-state index contributed by atoms with van der Waals surface area (Å²) in [7, 11) is 1.57. The van der Waals surface area contributed by atoms with Gasteiger partial charge in [0, 0.05) is 7.05 Å². The Bertz CT molecular complexity index is 516. The molecule has 0 aliphatic heterocycles. The fraction of sp³-hybridized carbons (Fsp3) is 0.125. The minimum atomic E-state index is -0.147. The quantitative estimate of drug-likeness (QED) is 0.557. The average Bonchev–Trinajstić information content (AvgIpc) is 2.73. The smallest absolute Gasteiger partial charge is 0.261 e. The molecule has 0 atom stereocenters. The summed E-state index contributed by atoms with van der Waals surface area (Å²) in [5, 5.41) is 3.26. The molecule has 0 aliphatic carbocycles. The van der Waals surface area contributed by atoms with E-state index in [9.17, 15) is 4.79 Å². The molecule has 0 fully saturated rings. The fourth-order valence-corrected chi connectivity index (χ4v) is 2.35. The zero-order valence-corrected chi connectivity index (χ0v) is 8.77. The fourth-order valence-electron chi connectivity index (χ4n) is 1.34. The molecule has 2 rings (SSSR count). The molecule has 0 aromatic carbocycles. The van der Waals surface area contributed by atoms with E-state index in [1.807, 2.05) is 0 Å². The van der Waals surface area contributed by atoms with Gasteiger partial charge in [-0.05, 0) is 6.07 Å². The number of anilines is 1. The van der Waals surface area contributed by atoms with Gasteiger partial charge in [-0.15, -0.1) is 11.3 Å². The zero-order chi connectivity index (χ0) is 11.0. The van der Waals surface area contributed by atoms with Crippen molar-refractivity contribution in [1.82, 2.24) is 10.3 Å². The Kier molecular flexibility index (Phi) is 2.25. The number of aromatic amines is 1. The maximum Gasteiger partial charge on any atom is 0.261 e. The van der Waals surface area contributed by atoms with Crippen LogP contribution in [-0.2, 0) is 0 Å². The topological polar surface area (TPSA) is 106 Å². The Morgan fingerprint density at radius 2 is 2.40 bits per heavy atom. The van der Waals surface area contributed by atoms with Gasteiger partial charge in [-0.2, -0.15) is 5.90 Å². The summed E-state index contributed by atoms with van der Waals surface area (Å²) in [6.07, 6.45) is 0. The summed E-state index contributed by atoms with van der Waals surface area (Å²) in [6, 6.07) is 1.69. The van der Waals surface area contributed by atoms with Crippen molar-refractivity contribution >= 4 is 33.3 Å². The molecule has 2 aromatic heterocycles. The molecular formula is C8H10N4O2S. The van der Waals surface area contributed by atoms with E-state index in [1.54, 1.807) is 13.1 Å². The molecule has 1 amide bonds. The second kappa shape index (κ2) is 3.44. The Hall–Kier alpha value is -1.73. The van der Waals surface area contributed by atoms with E-state index in [2.05, 4.69) is 15.1 Å². The Labute approximate surface area is 89.2 Å². The first-order chi connectivity index (χ1) is 7.17. The third-order valence-electron chi connectivity index (χ3n) is 2.04. The van der Waals surface area contributed by atoms with Crippen molar-refractivity contribution in [3.8, 4) is 5.75 Å². The summed E-state index contributed by atoms with van der Waals surface area (Å²) in [4.78, 5) is 20.2. The van der Waals surface area contributed by atoms with Crippen molar-refractivity contribution < 1.29 is 9.63 Å². The second-order valence-corrected chi connectivity index (χ2v) is 3.97. The molecule has 0 saturated heterocycles. The van der Waals surface area contributed by atoms with Crippen LogP contribution in [0, 0.1) is 0 Å². The maximum atomic E-state index is 11.3. The number of rotatable bonds is 2. The maximum absolute atomic E-state index is 11.3. The molecule has 0 spiro atoms. The highest BCUT2D eigenvalue weighted by atomic mass is 32.1. The SMILES string of the molecule is CNC(=O)c1cc2c(ON)c(N)[nH]c2s1. The molecule has 7 heteroatoms. The van der Waals surface area contributed by atoms with E-state index < -0.39 is 0 Å². The number of hydrogen-bond donors (Lipinski definition) is 4. The number of carbonyl (C=O) groups is 1. The van der Waals surface area contributed by atoms with Crippen molar-refractivity contribution in [2.24, 2.45) is 5.90 Å². The van der Waals surface area contributed by atoms with Gasteiger partial charge < -0.3 is 20.9 Å². The van der Waals surface area contributed by atoms with Crippen LogP contribution in [0.3, 0.4) is 0 Å². The van der Waals surface area contributed by atoms with Crippen LogP contribution in [0.2, 0.25) is 0 Å². The van der Waals surface area contributed by atoms with Gasteiger partial charge in [0.15, 0.2) is 5.75 Å². The summed E-state index contributed by atoms with van der Waals surface area (Å²) in [5.74, 6) is 5.67. The van der Waals surface area contributed by atoms with Gasteiger partial charge in [-0.25, -0.2) is 0 Å². The zero-order valence-electron chi connectivity index (χ0n) is 7.96. The van der Waals surface area contributed by atoms with E-state index >= 15 is 0 Å². The molecule has 0 saturated carbocycles. The van der Waals surface area contributed by atoms with Gasteiger partial charge in [0.2, 0.25) is 0 Å². The summed E-state index contributed by atoms with van der Waals surface area (Å²) in [5.41, 5.74) is 5.61. The largest absolute Gasteiger partial charge is 0.407 e. The first kappa shape index (κ1) is 9.81. The minimum absolute atomic E-state index is 0.147. The first-order valence-electron chi connectivity index (χ1n) is 4.17. The van der Waals surface area contributed by atoms with Gasteiger partial charge in [0.1, 0.15) is 10.6 Å². The molecular weight excluding hydrogens is 216 g/mol. The van der Waals surface area contributed by atoms with Gasteiger partial charge >= 0.3 is 0 Å². The van der Waals surface area contributed by atoms with E-state index in [0.29, 0.717) is 16.4 Å². The van der Waals surface area contributed by atoms with Crippen LogP contribution < -0.4 is 21.8 Å². The third kappa shape index (κ3) is 1.41. The average molecular weight is 226 g/mol. The highest BCUT2D eigenvalue weighted by Gasteiger charge is 2.16. The van der Waals surface area contributed by atoms with E-state index in [0.717, 1.165) is 10.2 Å². The third-order valence-corrected chi connectivity index (χ3v) is 3.09. The van der Waals surface area contributed by atoms with Crippen LogP contribution >= 0.6 is 11.3 Å². The molecule has 2 heterocycles. The number of nitrogens with two attached hydrogens (primary N) is 2. The van der Waals surface area contributed by atoms with Crippen LogP contribution in [0.5, 0.6) is 5.75 Å². The summed E-state index contributed by atoms with van der Waals surface area (Å²) < 4.78 is 0. The van der Waals surface area contributed by atoms with Gasteiger partial charge in [-0.1, -0.05) is 0 Å². The number of nitrogen functional groups attached to an aromatic ring is 1. The number of hydrogen-bond acceptors (Lipinski definition) is 5. The molecule has 0 bridgehead atoms. The van der Waals surface area contributed by atoms with Crippen LogP contribution in [0.25, 0.3) is 10.2 Å². The van der Waals surface area contributed by atoms with Crippen molar-refractivity contribution in [3.05, 3.63) is 10.9 Å². The van der Waals surface area contributed by atoms with Crippen molar-refractivity contribution in [2.45, 2.75) is 0 Å². The Morgan fingerprint density at radius 3 is 3.00 bits per heavy atom. The van der Waals surface area contributed by atoms with Crippen LogP contribution in [0.4, 0.5) is 5.82 Å². The molecule has 0 unspecified atom stereocenters. The van der Waals surface area contributed by atoms with Crippen LogP contribution in [-0.4, -0.2) is 17.9 Å². The lowest BCUT2D eigenvalue weighted by molar-refractivity contribution is 0.0967. The number of fused-ring (bicyclic) bond motifs is 1. The summed E-state index contributed by atoms with van der Waals surface area (Å²) in [6.45, 7) is 0. The Morgan fingerprint density at radius 1 is 1.67 bits per heavy atom. The van der Waals surface area contributed by atoms with E-state index in [4.69, 9.17) is 11.6 Å². The van der Waals surface area contributed by atoms with Gasteiger partial charge in [0.25, 0.3) is 5.91 Å². The van der Waals surface area contributed by atoms with Gasteiger partial charge in [-0.3, -0.25) is 4.79 Å². The van der Waals surface area contributed by atoms with Crippen molar-refractivity contribution in [2.75, 3.05) is 12.8 Å². The summed E-state index contributed by atoms with van der Waals surface area (Å²) >= 11 is 1.30. The molecule has 6 N–H and O–H groups in total. The molecule has 0 radical (unpaired) electrons. The number of thiophene rings is 1. The predicted octanol–water partition coefficient (Wildman–Crippen LogP) is 0.424. The minimum Gasteiger partial charge on any atom is -0.407 e.